The number of amides is 1. The molecule has 1 aromatic carbocycles. The minimum atomic E-state index is 0.107. The number of hydrogen-bond acceptors (Lipinski definition) is 3. The molecule has 0 unspecified atom stereocenters. The molecule has 18 heavy (non-hydrogen) atoms. The predicted molar refractivity (Wildman–Crippen MR) is 73.1 cm³/mol. The monoisotopic (exact) mass is 307 g/mol. The highest BCUT2D eigenvalue weighted by molar-refractivity contribution is 9.10. The molecule has 1 aromatic rings. The fourth-order valence-electron chi connectivity index (χ4n) is 2.12. The van der Waals surface area contributed by atoms with Gasteiger partial charge in [0.15, 0.2) is 0 Å². The molecule has 1 saturated heterocycles. The molecule has 5 heteroatoms. The van der Waals surface area contributed by atoms with Crippen molar-refractivity contribution >= 4 is 27.5 Å². The van der Waals surface area contributed by atoms with Crippen LogP contribution >= 0.6 is 15.9 Å². The number of carbonyl (C=O) groups is 1. The van der Waals surface area contributed by atoms with Gasteiger partial charge in [-0.25, -0.2) is 0 Å². The van der Waals surface area contributed by atoms with Crippen molar-refractivity contribution in [3.05, 3.63) is 28.2 Å². The van der Waals surface area contributed by atoms with Gasteiger partial charge in [0.25, 0.3) is 0 Å². The van der Waals surface area contributed by atoms with Gasteiger partial charge in [-0.15, -0.1) is 0 Å². The maximum Gasteiger partial charge on any atom is 0.219 e. The van der Waals surface area contributed by atoms with Crippen molar-refractivity contribution in [2.24, 2.45) is 0 Å². The Hall–Kier alpha value is -1.54. The number of halogens is 1. The van der Waals surface area contributed by atoms with E-state index in [1.165, 1.54) is 0 Å². The van der Waals surface area contributed by atoms with Crippen LogP contribution in [0.2, 0.25) is 0 Å². The van der Waals surface area contributed by atoms with Gasteiger partial charge in [-0.1, -0.05) is 15.9 Å². The molecule has 1 heterocycles. The molecule has 0 bridgehead atoms. The summed E-state index contributed by atoms with van der Waals surface area (Å²) in [6.45, 7) is 3.07. The van der Waals surface area contributed by atoms with Crippen molar-refractivity contribution < 1.29 is 4.79 Å². The fourth-order valence-corrected chi connectivity index (χ4v) is 2.48. The first-order valence-electron chi connectivity index (χ1n) is 5.82. The van der Waals surface area contributed by atoms with Gasteiger partial charge in [0.2, 0.25) is 5.91 Å². The van der Waals surface area contributed by atoms with Gasteiger partial charge in [0.1, 0.15) is 6.07 Å². The molecule has 0 radical (unpaired) electrons. The number of carbonyl (C=O) groups excluding carboxylic acids is 1. The molecule has 0 aliphatic carbocycles. The average molecular weight is 308 g/mol. The van der Waals surface area contributed by atoms with Gasteiger partial charge in [0.05, 0.1) is 11.3 Å². The molecular formula is C13H14BrN3O. The van der Waals surface area contributed by atoms with Gasteiger partial charge in [-0.3, -0.25) is 4.79 Å². The lowest BCUT2D eigenvalue weighted by molar-refractivity contribution is -0.127. The van der Waals surface area contributed by atoms with Gasteiger partial charge in [-0.05, 0) is 24.6 Å². The second-order valence-electron chi connectivity index (χ2n) is 4.40. The average Bonchev–Trinajstić information content (AvgIpc) is 2.80. The Balaban J connectivity index is 2.07. The fraction of sp³-hybridized carbons (Fsp3) is 0.385. The number of benzene rings is 1. The van der Waals surface area contributed by atoms with E-state index in [9.17, 15) is 4.79 Å². The summed E-state index contributed by atoms with van der Waals surface area (Å²) in [7, 11) is 0. The molecule has 1 fully saturated rings. The third-order valence-corrected chi connectivity index (χ3v) is 3.59. The first-order chi connectivity index (χ1) is 8.60. The Bertz CT molecular complexity index is 509. The summed E-state index contributed by atoms with van der Waals surface area (Å²) in [5.41, 5.74) is 1.45. The van der Waals surface area contributed by atoms with E-state index in [0.717, 1.165) is 23.1 Å². The van der Waals surface area contributed by atoms with E-state index in [-0.39, 0.29) is 11.9 Å². The molecule has 0 saturated carbocycles. The zero-order valence-corrected chi connectivity index (χ0v) is 11.7. The van der Waals surface area contributed by atoms with Crippen LogP contribution in [0.1, 0.15) is 18.9 Å². The van der Waals surface area contributed by atoms with Crippen molar-refractivity contribution in [3.63, 3.8) is 0 Å². The van der Waals surface area contributed by atoms with Crippen molar-refractivity contribution in [3.8, 4) is 6.07 Å². The summed E-state index contributed by atoms with van der Waals surface area (Å²) < 4.78 is 0.890. The maximum absolute atomic E-state index is 11.3. The van der Waals surface area contributed by atoms with Gasteiger partial charge in [0, 0.05) is 30.5 Å². The van der Waals surface area contributed by atoms with Crippen LogP contribution in [0.15, 0.2) is 22.7 Å². The molecule has 0 spiro atoms. The molecule has 1 amide bonds. The number of anilines is 1. The summed E-state index contributed by atoms with van der Waals surface area (Å²) >= 11 is 3.35. The molecule has 1 atom stereocenters. The molecular weight excluding hydrogens is 294 g/mol. The van der Waals surface area contributed by atoms with Crippen LogP contribution in [0.5, 0.6) is 0 Å². The topological polar surface area (TPSA) is 56.1 Å². The highest BCUT2D eigenvalue weighted by atomic mass is 79.9. The summed E-state index contributed by atoms with van der Waals surface area (Å²) in [5.74, 6) is 0.107. The van der Waals surface area contributed by atoms with E-state index in [2.05, 4.69) is 27.3 Å². The first-order valence-corrected chi connectivity index (χ1v) is 6.61. The lowest BCUT2D eigenvalue weighted by Gasteiger charge is -2.16. The van der Waals surface area contributed by atoms with E-state index in [0.29, 0.717) is 12.1 Å². The van der Waals surface area contributed by atoms with Crippen LogP contribution in [0.4, 0.5) is 5.69 Å². The van der Waals surface area contributed by atoms with Crippen LogP contribution in [0.3, 0.4) is 0 Å². The quantitative estimate of drug-likeness (QED) is 0.912. The van der Waals surface area contributed by atoms with E-state index in [1.807, 2.05) is 17.0 Å². The largest absolute Gasteiger partial charge is 0.379 e. The smallest absolute Gasteiger partial charge is 0.219 e. The standard InChI is InChI=1S/C13H14BrN3O/c1-9(18)17-5-4-12(8-17)16-13-3-2-11(14)6-10(13)7-15/h2-3,6,12,16H,4-5,8H2,1H3/t12-/m1/s1. The number of nitrogens with zero attached hydrogens (tertiary/aromatic N) is 2. The first kappa shape index (κ1) is 12.9. The van der Waals surface area contributed by atoms with E-state index >= 15 is 0 Å². The summed E-state index contributed by atoms with van der Waals surface area (Å²) in [6.07, 6.45) is 0.917. The number of hydrogen-bond donors (Lipinski definition) is 1. The van der Waals surface area contributed by atoms with Crippen LogP contribution in [0, 0.1) is 11.3 Å². The Kier molecular flexibility index (Phi) is 3.87. The van der Waals surface area contributed by atoms with Gasteiger partial charge in [-0.2, -0.15) is 5.26 Å². The zero-order valence-electron chi connectivity index (χ0n) is 10.1. The van der Waals surface area contributed by atoms with Crippen molar-refractivity contribution in [1.82, 2.24) is 4.90 Å². The van der Waals surface area contributed by atoms with Crippen LogP contribution in [0.25, 0.3) is 0 Å². The highest BCUT2D eigenvalue weighted by Gasteiger charge is 2.24. The third kappa shape index (κ3) is 2.82. The molecule has 1 aliphatic rings. The van der Waals surface area contributed by atoms with Crippen LogP contribution in [-0.4, -0.2) is 29.9 Å². The lowest BCUT2D eigenvalue weighted by atomic mass is 10.1. The summed E-state index contributed by atoms with van der Waals surface area (Å²) in [4.78, 5) is 13.1. The highest BCUT2D eigenvalue weighted by Crippen LogP contribution is 2.23. The molecule has 4 nitrogen and oxygen atoms in total. The van der Waals surface area contributed by atoms with E-state index in [4.69, 9.17) is 5.26 Å². The predicted octanol–water partition coefficient (Wildman–Crippen LogP) is 2.35. The van der Waals surface area contributed by atoms with E-state index in [1.54, 1.807) is 13.0 Å². The number of nitriles is 1. The number of nitrogens with one attached hydrogen (secondary N) is 1. The Morgan fingerprint density at radius 1 is 1.61 bits per heavy atom. The Morgan fingerprint density at radius 2 is 2.39 bits per heavy atom. The SMILES string of the molecule is CC(=O)N1CC[C@@H](Nc2ccc(Br)cc2C#N)C1. The van der Waals surface area contributed by atoms with Crippen LogP contribution in [-0.2, 0) is 4.79 Å². The second kappa shape index (κ2) is 5.40. The minimum absolute atomic E-state index is 0.107. The van der Waals surface area contributed by atoms with Crippen molar-refractivity contribution in [1.29, 1.82) is 5.26 Å². The van der Waals surface area contributed by atoms with Gasteiger partial charge >= 0.3 is 0 Å². The molecule has 2 rings (SSSR count). The normalized spacial score (nSPS) is 18.5. The number of rotatable bonds is 2. The lowest BCUT2D eigenvalue weighted by Crippen LogP contribution is -2.29. The maximum atomic E-state index is 11.3. The number of likely N-dealkylation sites (tertiary alicyclic amines) is 1. The summed E-state index contributed by atoms with van der Waals surface area (Å²) in [6, 6.07) is 7.98. The molecule has 1 N–H and O–H groups in total. The third-order valence-electron chi connectivity index (χ3n) is 3.10. The zero-order chi connectivity index (χ0) is 13.1. The molecule has 1 aliphatic heterocycles. The summed E-state index contributed by atoms with van der Waals surface area (Å²) in [5, 5.41) is 12.4. The Labute approximate surface area is 115 Å². The van der Waals surface area contributed by atoms with Crippen molar-refractivity contribution in [2.45, 2.75) is 19.4 Å². The van der Waals surface area contributed by atoms with Crippen molar-refractivity contribution in [2.75, 3.05) is 18.4 Å². The second-order valence-corrected chi connectivity index (χ2v) is 5.31. The van der Waals surface area contributed by atoms with E-state index < -0.39 is 0 Å². The van der Waals surface area contributed by atoms with Crippen LogP contribution < -0.4 is 5.32 Å². The molecule has 0 aromatic heterocycles. The molecule has 94 valence electrons. The Morgan fingerprint density at radius 3 is 3.00 bits per heavy atom. The van der Waals surface area contributed by atoms with Gasteiger partial charge < -0.3 is 10.2 Å². The minimum Gasteiger partial charge on any atom is -0.379 e.